The van der Waals surface area contributed by atoms with Crippen molar-refractivity contribution in [3.63, 3.8) is 0 Å². The number of nitrogens with one attached hydrogen (secondary N) is 1. The van der Waals surface area contributed by atoms with Crippen LogP contribution < -0.4 is 5.32 Å². The summed E-state index contributed by atoms with van der Waals surface area (Å²) in [5.41, 5.74) is 0.847. The third kappa shape index (κ3) is 7.23. The normalized spacial score (nSPS) is 37.7. The Morgan fingerprint density at radius 2 is 1.60 bits per heavy atom. The molecule has 0 radical (unpaired) electrons. The van der Waals surface area contributed by atoms with Gasteiger partial charge in [0, 0.05) is 19.4 Å². The lowest BCUT2D eigenvalue weighted by Gasteiger charge is -2.61. The molecule has 9 atom stereocenters. The fraction of sp³-hybridized carbons (Fsp3) is 0.939. The predicted octanol–water partition coefficient (Wildman–Crippen LogP) is 6.09. The van der Waals surface area contributed by atoms with Crippen molar-refractivity contribution in [1.29, 1.82) is 0 Å². The van der Waals surface area contributed by atoms with Crippen LogP contribution in [0.2, 0.25) is 0 Å². The molecule has 40 heavy (non-hydrogen) atoms. The predicted molar refractivity (Wildman–Crippen MR) is 156 cm³/mol. The van der Waals surface area contributed by atoms with E-state index in [-0.39, 0.29) is 5.91 Å². The van der Waals surface area contributed by atoms with Gasteiger partial charge in [-0.2, -0.15) is 0 Å². The van der Waals surface area contributed by atoms with E-state index in [0.717, 1.165) is 30.1 Å². The van der Waals surface area contributed by atoms with Gasteiger partial charge in [-0.15, -0.1) is 0 Å². The molecule has 0 aromatic rings. The third-order valence-electron chi connectivity index (χ3n) is 12.0. The van der Waals surface area contributed by atoms with Crippen molar-refractivity contribution in [2.45, 2.75) is 111 Å². The van der Waals surface area contributed by atoms with Gasteiger partial charge in [-0.3, -0.25) is 9.59 Å². The van der Waals surface area contributed by atoms with Crippen LogP contribution in [0.25, 0.3) is 0 Å². The first-order chi connectivity index (χ1) is 19.2. The number of carbonyl (C=O) groups is 2. The molecule has 4 aliphatic rings. The molecule has 2 N–H and O–H groups in total. The fourth-order valence-corrected chi connectivity index (χ4v) is 9.88. The van der Waals surface area contributed by atoms with E-state index in [1.54, 1.807) is 0 Å². The maximum atomic E-state index is 11.2. The number of hydrogen-bond acceptors (Lipinski definition) is 5. The Hall–Kier alpha value is -1.18. The van der Waals surface area contributed by atoms with Crippen LogP contribution in [0.1, 0.15) is 105 Å². The number of hydrogen-bond donors (Lipinski definition) is 2. The Bertz CT molecular complexity index is 836. The van der Waals surface area contributed by atoms with Crippen LogP contribution in [0.15, 0.2) is 0 Å². The largest absolute Gasteiger partial charge is 0.481 e. The molecule has 4 fully saturated rings. The molecule has 0 heterocycles. The van der Waals surface area contributed by atoms with Gasteiger partial charge in [0.05, 0.1) is 39.1 Å². The highest BCUT2D eigenvalue weighted by atomic mass is 16.5. The van der Waals surface area contributed by atoms with Gasteiger partial charge >= 0.3 is 5.97 Å². The Morgan fingerprint density at radius 1 is 0.900 bits per heavy atom. The first kappa shape index (κ1) is 31.7. The third-order valence-corrected chi connectivity index (χ3v) is 12.0. The van der Waals surface area contributed by atoms with Crippen molar-refractivity contribution in [2.75, 3.05) is 39.6 Å². The molecule has 4 rings (SSSR count). The van der Waals surface area contributed by atoms with Crippen LogP contribution in [-0.2, 0) is 23.8 Å². The highest BCUT2D eigenvalue weighted by molar-refractivity contribution is 5.75. The van der Waals surface area contributed by atoms with Gasteiger partial charge in [0.15, 0.2) is 0 Å². The minimum Gasteiger partial charge on any atom is -0.481 e. The summed E-state index contributed by atoms with van der Waals surface area (Å²) in [5.74, 6) is 3.90. The fourth-order valence-electron chi connectivity index (χ4n) is 9.88. The van der Waals surface area contributed by atoms with Gasteiger partial charge in [-0.1, -0.05) is 27.7 Å². The summed E-state index contributed by atoms with van der Waals surface area (Å²) >= 11 is 0. The summed E-state index contributed by atoms with van der Waals surface area (Å²) in [5, 5.41) is 12.0. The average molecular weight is 564 g/mol. The highest BCUT2D eigenvalue weighted by Crippen LogP contribution is 2.68. The van der Waals surface area contributed by atoms with E-state index in [2.05, 4.69) is 26.1 Å². The topological polar surface area (TPSA) is 94.1 Å². The maximum Gasteiger partial charge on any atom is 0.303 e. The molecule has 0 unspecified atom stereocenters. The number of aliphatic carboxylic acids is 1. The number of carboxylic acid groups (broad SMARTS) is 1. The molecule has 4 aliphatic carbocycles. The molecule has 0 saturated heterocycles. The summed E-state index contributed by atoms with van der Waals surface area (Å²) < 4.78 is 17.5. The SMILES string of the molecule is CCC(=O)NCCOCCOCCO[C@H]1CC[C@@]2(C)[C@H](CC[C@@H]3[C@@H]2CC[C@]2(C)[C@@H]([C@H](C)CCC(=O)O)CC[C@@H]32)C1. The maximum absolute atomic E-state index is 11.2. The lowest BCUT2D eigenvalue weighted by molar-refractivity contribution is -0.140. The van der Waals surface area contributed by atoms with Gasteiger partial charge in [-0.25, -0.2) is 0 Å². The Balaban J connectivity index is 1.17. The van der Waals surface area contributed by atoms with Gasteiger partial charge in [0.2, 0.25) is 5.91 Å². The second kappa shape index (κ2) is 14.3. The van der Waals surface area contributed by atoms with Crippen LogP contribution in [0.4, 0.5) is 0 Å². The lowest BCUT2D eigenvalue weighted by atomic mass is 9.44. The summed E-state index contributed by atoms with van der Waals surface area (Å²) in [6.45, 7) is 12.8. The van der Waals surface area contributed by atoms with Crippen LogP contribution >= 0.6 is 0 Å². The van der Waals surface area contributed by atoms with Crippen LogP contribution in [0.3, 0.4) is 0 Å². The quantitative estimate of drug-likeness (QED) is 0.234. The zero-order chi connectivity index (χ0) is 28.8. The molecule has 0 bridgehead atoms. The first-order valence-corrected chi connectivity index (χ1v) is 16.4. The smallest absolute Gasteiger partial charge is 0.303 e. The van der Waals surface area contributed by atoms with Crippen LogP contribution in [0, 0.1) is 46.3 Å². The summed E-state index contributed by atoms with van der Waals surface area (Å²) in [6, 6.07) is 0. The van der Waals surface area contributed by atoms with E-state index in [9.17, 15) is 14.7 Å². The van der Waals surface area contributed by atoms with Crippen molar-refractivity contribution >= 4 is 11.9 Å². The molecule has 0 aromatic carbocycles. The van der Waals surface area contributed by atoms with Crippen molar-refractivity contribution < 1.29 is 28.9 Å². The Morgan fingerprint density at radius 3 is 2.35 bits per heavy atom. The van der Waals surface area contributed by atoms with Crippen molar-refractivity contribution in [3.8, 4) is 0 Å². The number of carbonyl (C=O) groups excluding carboxylic acids is 1. The zero-order valence-corrected chi connectivity index (χ0v) is 25.8. The number of amides is 1. The van der Waals surface area contributed by atoms with Gasteiger partial charge in [-0.05, 0) is 111 Å². The van der Waals surface area contributed by atoms with Crippen LogP contribution in [-0.4, -0.2) is 62.7 Å². The minimum absolute atomic E-state index is 0.0538. The molecule has 1 amide bonds. The average Bonchev–Trinajstić information content (AvgIpc) is 3.29. The van der Waals surface area contributed by atoms with E-state index < -0.39 is 5.97 Å². The molecule has 230 valence electrons. The number of rotatable bonds is 15. The lowest BCUT2D eigenvalue weighted by Crippen LogP contribution is -2.54. The summed E-state index contributed by atoms with van der Waals surface area (Å²) in [7, 11) is 0. The molecule has 0 aliphatic heterocycles. The summed E-state index contributed by atoms with van der Waals surface area (Å²) in [4.78, 5) is 22.4. The van der Waals surface area contributed by atoms with E-state index in [0.29, 0.717) is 81.2 Å². The molecular weight excluding hydrogens is 506 g/mol. The van der Waals surface area contributed by atoms with E-state index in [4.69, 9.17) is 14.2 Å². The highest BCUT2D eigenvalue weighted by Gasteiger charge is 2.60. The molecule has 0 spiro atoms. The standard InChI is InChI=1S/C33H57NO6/c1-5-30(35)34-16-17-38-18-19-39-20-21-40-25-12-14-32(3)24(22-25)7-8-26-28-10-9-27(23(2)6-11-31(36)37)33(28,4)15-13-29(26)32/h23-29H,5-22H2,1-4H3,(H,34,35)(H,36,37)/t23-,24-,25+,26+,27-,28+,29+,32+,33-/m1/s1. The minimum atomic E-state index is -0.648. The van der Waals surface area contributed by atoms with Crippen molar-refractivity contribution in [3.05, 3.63) is 0 Å². The first-order valence-electron chi connectivity index (χ1n) is 16.4. The van der Waals surface area contributed by atoms with E-state index >= 15 is 0 Å². The molecule has 7 nitrogen and oxygen atoms in total. The molecule has 0 aromatic heterocycles. The zero-order valence-electron chi connectivity index (χ0n) is 25.8. The van der Waals surface area contributed by atoms with Gasteiger partial charge in [0.25, 0.3) is 0 Å². The summed E-state index contributed by atoms with van der Waals surface area (Å²) in [6.07, 6.45) is 13.7. The van der Waals surface area contributed by atoms with Gasteiger partial charge < -0.3 is 24.6 Å². The number of fused-ring (bicyclic) bond motifs is 5. The Kier molecular flexibility index (Phi) is 11.4. The van der Waals surface area contributed by atoms with Crippen LogP contribution in [0.5, 0.6) is 0 Å². The molecule has 4 saturated carbocycles. The Labute approximate surface area is 242 Å². The molecular formula is C33H57NO6. The van der Waals surface area contributed by atoms with Gasteiger partial charge in [0.1, 0.15) is 0 Å². The van der Waals surface area contributed by atoms with E-state index in [1.165, 1.54) is 57.8 Å². The monoisotopic (exact) mass is 563 g/mol. The second-order valence-corrected chi connectivity index (χ2v) is 14.0. The number of carboxylic acids is 1. The van der Waals surface area contributed by atoms with Crippen molar-refractivity contribution in [2.24, 2.45) is 46.3 Å². The molecule has 7 heteroatoms. The van der Waals surface area contributed by atoms with E-state index in [1.807, 2.05) is 6.92 Å². The second-order valence-electron chi connectivity index (χ2n) is 14.0. The number of ether oxygens (including phenoxy) is 3. The van der Waals surface area contributed by atoms with Crippen molar-refractivity contribution in [1.82, 2.24) is 5.32 Å².